The summed E-state index contributed by atoms with van der Waals surface area (Å²) in [4.78, 5) is 16.4. The third-order valence-electron chi connectivity index (χ3n) is 2.30. The van der Waals surface area contributed by atoms with Crippen LogP contribution in [0.3, 0.4) is 0 Å². The molecule has 1 amide bonds. The van der Waals surface area contributed by atoms with E-state index in [0.29, 0.717) is 11.4 Å². The molecule has 2 N–H and O–H groups in total. The average Bonchev–Trinajstić information content (AvgIpc) is 2.30. The number of benzene rings is 1. The Morgan fingerprint density at radius 3 is 2.75 bits per heavy atom. The highest BCUT2D eigenvalue weighted by Gasteiger charge is 2.19. The fraction of sp³-hybridized carbons (Fsp3) is 0.364. The molecule has 0 spiro atoms. The predicted octanol–water partition coefficient (Wildman–Crippen LogP) is 1.23. The molecule has 0 heterocycles. The summed E-state index contributed by atoms with van der Waals surface area (Å²) >= 11 is 5.97. The molecule has 0 saturated carbocycles. The number of likely N-dealkylation sites (N-methyl/N-ethyl adjacent to an activating group) is 1. The standard InChI is InChI=1S/C11H15ClN2O2/c1-14(16-2)11(15)10(13)7-8-5-3-4-6-9(8)12/h3-6,10H,7,13H2,1-2H3/t10-/m1/s1. The lowest BCUT2D eigenvalue weighted by molar-refractivity contribution is -0.170. The normalized spacial score (nSPS) is 12.2. The molecule has 0 aliphatic rings. The maximum Gasteiger partial charge on any atom is 0.263 e. The second kappa shape index (κ2) is 5.84. The van der Waals surface area contributed by atoms with Crippen LogP contribution in [0.15, 0.2) is 24.3 Å². The first-order valence-electron chi connectivity index (χ1n) is 4.87. The van der Waals surface area contributed by atoms with Gasteiger partial charge in [-0.05, 0) is 18.1 Å². The van der Waals surface area contributed by atoms with E-state index < -0.39 is 6.04 Å². The minimum atomic E-state index is -0.648. The summed E-state index contributed by atoms with van der Waals surface area (Å²) in [5, 5.41) is 1.73. The van der Waals surface area contributed by atoms with Crippen LogP contribution < -0.4 is 5.73 Å². The maximum absolute atomic E-state index is 11.6. The number of hydroxylamine groups is 2. The van der Waals surface area contributed by atoms with Crippen LogP contribution in [0.1, 0.15) is 5.56 Å². The molecule has 1 aromatic rings. The van der Waals surface area contributed by atoms with Crippen LogP contribution in [0.2, 0.25) is 5.02 Å². The quantitative estimate of drug-likeness (QED) is 0.808. The molecule has 1 atom stereocenters. The summed E-state index contributed by atoms with van der Waals surface area (Å²) in [7, 11) is 2.94. The number of carbonyl (C=O) groups is 1. The molecule has 0 aliphatic carbocycles. The summed E-state index contributed by atoms with van der Waals surface area (Å²) in [6, 6.07) is 6.67. The molecular formula is C11H15ClN2O2. The summed E-state index contributed by atoms with van der Waals surface area (Å²) in [5.41, 5.74) is 6.62. The molecule has 0 aromatic heterocycles. The number of rotatable bonds is 4. The number of amides is 1. The second-order valence-electron chi connectivity index (χ2n) is 3.42. The first-order valence-corrected chi connectivity index (χ1v) is 5.24. The van der Waals surface area contributed by atoms with E-state index in [1.165, 1.54) is 14.2 Å². The van der Waals surface area contributed by atoms with E-state index in [1.54, 1.807) is 6.07 Å². The Labute approximate surface area is 99.9 Å². The van der Waals surface area contributed by atoms with E-state index >= 15 is 0 Å². The smallest absolute Gasteiger partial charge is 0.263 e. The molecule has 5 heteroatoms. The van der Waals surface area contributed by atoms with Gasteiger partial charge in [0.05, 0.1) is 13.2 Å². The first kappa shape index (κ1) is 13.0. The van der Waals surface area contributed by atoms with Crippen LogP contribution in [-0.4, -0.2) is 31.2 Å². The highest BCUT2D eigenvalue weighted by atomic mass is 35.5. The minimum absolute atomic E-state index is 0.276. The van der Waals surface area contributed by atoms with Crippen molar-refractivity contribution < 1.29 is 9.63 Å². The summed E-state index contributed by atoms with van der Waals surface area (Å²) in [6.45, 7) is 0. The van der Waals surface area contributed by atoms with Gasteiger partial charge in [-0.2, -0.15) is 0 Å². The Balaban J connectivity index is 2.68. The lowest BCUT2D eigenvalue weighted by Gasteiger charge is -2.18. The maximum atomic E-state index is 11.6. The van der Waals surface area contributed by atoms with E-state index in [1.807, 2.05) is 18.2 Å². The van der Waals surface area contributed by atoms with Gasteiger partial charge in [-0.1, -0.05) is 29.8 Å². The largest absolute Gasteiger partial charge is 0.320 e. The van der Waals surface area contributed by atoms with E-state index in [2.05, 4.69) is 0 Å². The third-order valence-corrected chi connectivity index (χ3v) is 2.67. The molecule has 1 rings (SSSR count). The van der Waals surface area contributed by atoms with E-state index in [9.17, 15) is 4.79 Å². The van der Waals surface area contributed by atoms with Gasteiger partial charge in [0.15, 0.2) is 0 Å². The molecule has 1 aromatic carbocycles. The molecular weight excluding hydrogens is 228 g/mol. The highest BCUT2D eigenvalue weighted by molar-refractivity contribution is 6.31. The van der Waals surface area contributed by atoms with Crippen LogP contribution >= 0.6 is 11.6 Å². The lowest BCUT2D eigenvalue weighted by atomic mass is 10.1. The molecule has 88 valence electrons. The minimum Gasteiger partial charge on any atom is -0.320 e. The number of halogens is 1. The van der Waals surface area contributed by atoms with E-state index in [0.717, 1.165) is 10.6 Å². The Morgan fingerprint density at radius 1 is 1.56 bits per heavy atom. The van der Waals surface area contributed by atoms with E-state index in [-0.39, 0.29) is 5.91 Å². The van der Waals surface area contributed by atoms with Crippen LogP contribution in [0.25, 0.3) is 0 Å². The SMILES string of the molecule is CON(C)C(=O)[C@H](N)Cc1ccccc1Cl. The summed E-state index contributed by atoms with van der Waals surface area (Å²) in [6.07, 6.45) is 0.395. The number of hydrogen-bond acceptors (Lipinski definition) is 3. The van der Waals surface area contributed by atoms with Gasteiger partial charge < -0.3 is 5.73 Å². The van der Waals surface area contributed by atoms with Gasteiger partial charge in [-0.15, -0.1) is 0 Å². The number of nitrogens with zero attached hydrogens (tertiary/aromatic N) is 1. The summed E-state index contributed by atoms with van der Waals surface area (Å²) < 4.78 is 0. The second-order valence-corrected chi connectivity index (χ2v) is 3.83. The van der Waals surface area contributed by atoms with Crippen molar-refractivity contribution in [1.29, 1.82) is 0 Å². The van der Waals surface area contributed by atoms with E-state index in [4.69, 9.17) is 22.2 Å². The molecule has 16 heavy (non-hydrogen) atoms. The van der Waals surface area contributed by atoms with Gasteiger partial charge in [-0.3, -0.25) is 9.63 Å². The van der Waals surface area contributed by atoms with Crippen LogP contribution in [-0.2, 0) is 16.1 Å². The van der Waals surface area contributed by atoms with Gasteiger partial charge >= 0.3 is 0 Å². The third kappa shape index (κ3) is 3.20. The van der Waals surface area contributed by atoms with Crippen molar-refractivity contribution in [2.75, 3.05) is 14.2 Å². The predicted molar refractivity (Wildman–Crippen MR) is 62.9 cm³/mol. The summed E-state index contributed by atoms with van der Waals surface area (Å²) in [5.74, 6) is -0.276. The molecule has 0 unspecified atom stereocenters. The van der Waals surface area contributed by atoms with Gasteiger partial charge in [-0.25, -0.2) is 5.06 Å². The Hall–Kier alpha value is -1.10. The van der Waals surface area contributed by atoms with Crippen molar-refractivity contribution in [2.24, 2.45) is 5.73 Å². The zero-order chi connectivity index (χ0) is 12.1. The first-order chi connectivity index (χ1) is 7.56. The van der Waals surface area contributed by atoms with Gasteiger partial charge in [0.2, 0.25) is 0 Å². The van der Waals surface area contributed by atoms with Crippen molar-refractivity contribution >= 4 is 17.5 Å². The van der Waals surface area contributed by atoms with Crippen LogP contribution in [0.5, 0.6) is 0 Å². The zero-order valence-corrected chi connectivity index (χ0v) is 10.1. The van der Waals surface area contributed by atoms with Crippen LogP contribution in [0, 0.1) is 0 Å². The molecule has 0 fully saturated rings. The molecule has 0 aliphatic heterocycles. The number of carbonyl (C=O) groups excluding carboxylic acids is 1. The fourth-order valence-electron chi connectivity index (χ4n) is 1.31. The number of nitrogens with two attached hydrogens (primary N) is 1. The van der Waals surface area contributed by atoms with Gasteiger partial charge in [0.25, 0.3) is 5.91 Å². The molecule has 0 saturated heterocycles. The Morgan fingerprint density at radius 2 is 2.19 bits per heavy atom. The molecule has 4 nitrogen and oxygen atoms in total. The van der Waals surface area contributed by atoms with Gasteiger partial charge in [0, 0.05) is 12.1 Å². The average molecular weight is 243 g/mol. The zero-order valence-electron chi connectivity index (χ0n) is 9.31. The fourth-order valence-corrected chi connectivity index (χ4v) is 1.52. The van der Waals surface area contributed by atoms with Gasteiger partial charge in [0.1, 0.15) is 0 Å². The molecule has 0 bridgehead atoms. The van der Waals surface area contributed by atoms with Crippen molar-refractivity contribution in [3.8, 4) is 0 Å². The Bertz CT molecular complexity index is 371. The Kier molecular flexibility index (Phi) is 4.73. The van der Waals surface area contributed by atoms with Crippen molar-refractivity contribution in [2.45, 2.75) is 12.5 Å². The molecule has 0 radical (unpaired) electrons. The van der Waals surface area contributed by atoms with Crippen molar-refractivity contribution in [1.82, 2.24) is 5.06 Å². The topological polar surface area (TPSA) is 55.6 Å². The van der Waals surface area contributed by atoms with Crippen molar-refractivity contribution in [3.05, 3.63) is 34.9 Å². The van der Waals surface area contributed by atoms with Crippen molar-refractivity contribution in [3.63, 3.8) is 0 Å². The monoisotopic (exact) mass is 242 g/mol. The number of hydrogen-bond donors (Lipinski definition) is 1. The lowest BCUT2D eigenvalue weighted by Crippen LogP contribution is -2.42. The van der Waals surface area contributed by atoms with Crippen LogP contribution in [0.4, 0.5) is 0 Å². The highest BCUT2D eigenvalue weighted by Crippen LogP contribution is 2.16.